The first-order valence-corrected chi connectivity index (χ1v) is 7.03. The fraction of sp³-hybridized carbons (Fsp3) is 0.357. The third-order valence-electron chi connectivity index (χ3n) is 2.87. The Labute approximate surface area is 116 Å². The summed E-state index contributed by atoms with van der Waals surface area (Å²) >= 11 is 1.53. The van der Waals surface area contributed by atoms with E-state index in [1.54, 1.807) is 0 Å². The standard InChI is InChI=1S/C14H17FN2OS/c1-4-16-8(2)13-9(3)17-14(19-13)10-5-11(15)7-12(18)6-10/h5-8,16,18H,4H2,1-3H3. The summed E-state index contributed by atoms with van der Waals surface area (Å²) in [5.74, 6) is -0.534. The number of aromatic nitrogens is 1. The number of nitrogens with zero attached hydrogens (tertiary/aromatic N) is 1. The van der Waals surface area contributed by atoms with E-state index in [1.807, 2.05) is 6.92 Å². The van der Waals surface area contributed by atoms with Crippen molar-refractivity contribution in [3.05, 3.63) is 34.6 Å². The van der Waals surface area contributed by atoms with E-state index < -0.39 is 5.82 Å². The molecule has 2 N–H and O–H groups in total. The van der Waals surface area contributed by atoms with Crippen LogP contribution in [0.25, 0.3) is 10.6 Å². The molecule has 1 atom stereocenters. The number of benzene rings is 1. The molecule has 0 spiro atoms. The summed E-state index contributed by atoms with van der Waals surface area (Å²) in [7, 11) is 0. The van der Waals surface area contributed by atoms with E-state index >= 15 is 0 Å². The number of rotatable bonds is 4. The third-order valence-corrected chi connectivity index (χ3v) is 4.25. The molecule has 5 heteroatoms. The van der Waals surface area contributed by atoms with Gasteiger partial charge in [-0.25, -0.2) is 9.37 Å². The van der Waals surface area contributed by atoms with Gasteiger partial charge in [0, 0.05) is 22.5 Å². The van der Waals surface area contributed by atoms with Crippen LogP contribution in [0.2, 0.25) is 0 Å². The average Bonchev–Trinajstić information content (AvgIpc) is 2.70. The number of nitrogens with one attached hydrogen (secondary N) is 1. The van der Waals surface area contributed by atoms with Gasteiger partial charge in [-0.05, 0) is 32.5 Å². The summed E-state index contributed by atoms with van der Waals surface area (Å²) in [5.41, 5.74) is 1.55. The first-order valence-electron chi connectivity index (χ1n) is 6.22. The minimum Gasteiger partial charge on any atom is -0.508 e. The number of thiazole rings is 1. The van der Waals surface area contributed by atoms with E-state index in [-0.39, 0.29) is 11.8 Å². The fourth-order valence-electron chi connectivity index (χ4n) is 2.03. The number of hydrogen-bond donors (Lipinski definition) is 2. The predicted octanol–water partition coefficient (Wildman–Crippen LogP) is 3.63. The fourth-order valence-corrected chi connectivity index (χ4v) is 3.11. The zero-order valence-corrected chi connectivity index (χ0v) is 12.0. The van der Waals surface area contributed by atoms with Crippen LogP contribution in [0.5, 0.6) is 5.75 Å². The molecule has 3 nitrogen and oxygen atoms in total. The van der Waals surface area contributed by atoms with Crippen LogP contribution in [0.1, 0.15) is 30.5 Å². The monoisotopic (exact) mass is 280 g/mol. The predicted molar refractivity (Wildman–Crippen MR) is 76.0 cm³/mol. The van der Waals surface area contributed by atoms with Gasteiger partial charge in [-0.1, -0.05) is 6.92 Å². The third kappa shape index (κ3) is 3.11. The zero-order valence-electron chi connectivity index (χ0n) is 11.2. The van der Waals surface area contributed by atoms with E-state index in [0.717, 1.165) is 28.2 Å². The molecule has 0 saturated heterocycles. The van der Waals surface area contributed by atoms with Gasteiger partial charge in [0.15, 0.2) is 0 Å². The van der Waals surface area contributed by atoms with Crippen molar-refractivity contribution in [2.45, 2.75) is 26.8 Å². The molecule has 2 rings (SSSR count). The van der Waals surface area contributed by atoms with E-state index in [2.05, 4.69) is 24.1 Å². The average molecular weight is 280 g/mol. The van der Waals surface area contributed by atoms with Crippen molar-refractivity contribution in [2.24, 2.45) is 0 Å². The second-order valence-electron chi connectivity index (χ2n) is 4.45. The molecule has 19 heavy (non-hydrogen) atoms. The Hall–Kier alpha value is -1.46. The quantitative estimate of drug-likeness (QED) is 0.899. The highest BCUT2D eigenvalue weighted by molar-refractivity contribution is 7.15. The lowest BCUT2D eigenvalue weighted by molar-refractivity contribution is 0.469. The lowest BCUT2D eigenvalue weighted by Crippen LogP contribution is -2.17. The number of aryl methyl sites for hydroxylation is 1. The molecule has 0 amide bonds. The molecule has 102 valence electrons. The van der Waals surface area contributed by atoms with Gasteiger partial charge in [0.25, 0.3) is 0 Å². The lowest BCUT2D eigenvalue weighted by Gasteiger charge is -2.09. The Bertz CT molecular complexity index is 563. The highest BCUT2D eigenvalue weighted by Gasteiger charge is 2.15. The SMILES string of the molecule is CCNC(C)c1sc(-c2cc(O)cc(F)c2)nc1C. The summed E-state index contributed by atoms with van der Waals surface area (Å²) in [6.07, 6.45) is 0. The summed E-state index contributed by atoms with van der Waals surface area (Å²) < 4.78 is 13.3. The van der Waals surface area contributed by atoms with Crippen molar-refractivity contribution in [3.8, 4) is 16.3 Å². The van der Waals surface area contributed by atoms with E-state index in [1.165, 1.54) is 23.5 Å². The Morgan fingerprint density at radius 1 is 1.42 bits per heavy atom. The van der Waals surface area contributed by atoms with Crippen molar-refractivity contribution in [1.82, 2.24) is 10.3 Å². The van der Waals surface area contributed by atoms with Crippen molar-refractivity contribution in [3.63, 3.8) is 0 Å². The van der Waals surface area contributed by atoms with Crippen molar-refractivity contribution >= 4 is 11.3 Å². The number of halogens is 1. The number of phenols is 1. The zero-order chi connectivity index (χ0) is 14.0. The Morgan fingerprint density at radius 3 is 2.79 bits per heavy atom. The van der Waals surface area contributed by atoms with E-state index in [9.17, 15) is 9.50 Å². The molecular weight excluding hydrogens is 263 g/mol. The van der Waals surface area contributed by atoms with Crippen LogP contribution in [0, 0.1) is 12.7 Å². The van der Waals surface area contributed by atoms with Crippen molar-refractivity contribution in [1.29, 1.82) is 0 Å². The summed E-state index contributed by atoms with van der Waals surface area (Å²) in [6, 6.07) is 4.23. The molecule has 1 aromatic heterocycles. The first kappa shape index (κ1) is 14.0. The molecule has 0 aliphatic carbocycles. The number of hydrogen-bond acceptors (Lipinski definition) is 4. The number of phenolic OH excluding ortho intramolecular Hbond substituents is 1. The Balaban J connectivity index is 2.38. The highest BCUT2D eigenvalue weighted by atomic mass is 32.1. The van der Waals surface area contributed by atoms with Crippen LogP contribution in [-0.2, 0) is 0 Å². The van der Waals surface area contributed by atoms with Gasteiger partial charge in [-0.2, -0.15) is 0 Å². The molecule has 0 aliphatic heterocycles. The lowest BCUT2D eigenvalue weighted by atomic mass is 10.2. The Kier molecular flexibility index (Phi) is 4.17. The van der Waals surface area contributed by atoms with Crippen LogP contribution in [0.3, 0.4) is 0 Å². The van der Waals surface area contributed by atoms with Gasteiger partial charge in [-0.15, -0.1) is 11.3 Å². The maximum absolute atomic E-state index is 13.3. The maximum atomic E-state index is 13.3. The summed E-state index contributed by atoms with van der Waals surface area (Å²) in [6.45, 7) is 6.96. The molecule has 1 unspecified atom stereocenters. The molecule has 0 aliphatic rings. The van der Waals surface area contributed by atoms with Gasteiger partial charge >= 0.3 is 0 Å². The van der Waals surface area contributed by atoms with E-state index in [0.29, 0.717) is 5.56 Å². The molecule has 2 aromatic rings. The molecule has 0 fully saturated rings. The van der Waals surface area contributed by atoms with Crippen molar-refractivity contribution in [2.75, 3.05) is 6.54 Å². The van der Waals surface area contributed by atoms with Crippen LogP contribution >= 0.6 is 11.3 Å². The van der Waals surface area contributed by atoms with Gasteiger partial charge in [-0.3, -0.25) is 0 Å². The summed E-state index contributed by atoms with van der Waals surface area (Å²) in [5, 5.41) is 13.5. The molecule has 1 heterocycles. The molecule has 0 bridgehead atoms. The maximum Gasteiger partial charge on any atom is 0.127 e. The molecular formula is C14H17FN2OS. The van der Waals surface area contributed by atoms with Crippen molar-refractivity contribution < 1.29 is 9.50 Å². The van der Waals surface area contributed by atoms with Crippen LogP contribution in [-0.4, -0.2) is 16.6 Å². The summed E-state index contributed by atoms with van der Waals surface area (Å²) in [4.78, 5) is 5.61. The number of aromatic hydroxyl groups is 1. The molecule has 0 radical (unpaired) electrons. The molecule has 0 saturated carbocycles. The molecule has 1 aromatic carbocycles. The first-order chi connectivity index (χ1) is 9.01. The van der Waals surface area contributed by atoms with Gasteiger partial charge < -0.3 is 10.4 Å². The van der Waals surface area contributed by atoms with Crippen LogP contribution < -0.4 is 5.32 Å². The van der Waals surface area contributed by atoms with Crippen LogP contribution in [0.4, 0.5) is 4.39 Å². The topological polar surface area (TPSA) is 45.1 Å². The van der Waals surface area contributed by atoms with Gasteiger partial charge in [0.05, 0.1) is 5.69 Å². The highest BCUT2D eigenvalue weighted by Crippen LogP contribution is 2.33. The normalized spacial score (nSPS) is 12.6. The van der Waals surface area contributed by atoms with Gasteiger partial charge in [0.2, 0.25) is 0 Å². The smallest absolute Gasteiger partial charge is 0.127 e. The minimum atomic E-state index is -0.455. The van der Waals surface area contributed by atoms with E-state index in [4.69, 9.17) is 0 Å². The van der Waals surface area contributed by atoms with Gasteiger partial charge in [0.1, 0.15) is 16.6 Å². The second kappa shape index (κ2) is 5.67. The largest absolute Gasteiger partial charge is 0.508 e. The second-order valence-corrected chi connectivity index (χ2v) is 5.48. The minimum absolute atomic E-state index is 0.0795. The Morgan fingerprint density at radius 2 is 2.16 bits per heavy atom. The van der Waals surface area contributed by atoms with Crippen LogP contribution in [0.15, 0.2) is 18.2 Å².